The zero-order valence-electron chi connectivity index (χ0n) is 20.0. The summed E-state index contributed by atoms with van der Waals surface area (Å²) in [4.78, 5) is 13.1. The van der Waals surface area contributed by atoms with E-state index in [0.717, 1.165) is 32.2 Å². The Morgan fingerprint density at radius 2 is 1.81 bits per heavy atom. The number of nitrogens with one attached hydrogen (secondary N) is 2. The second-order valence-electron chi connectivity index (χ2n) is 10.5. The molecule has 1 amide bonds. The second kappa shape index (κ2) is 11.7. The summed E-state index contributed by atoms with van der Waals surface area (Å²) in [6.07, 6.45) is 0.653. The molecule has 0 bridgehead atoms. The Morgan fingerprint density at radius 1 is 1.13 bits per heavy atom. The molecule has 2 fully saturated rings. The fourth-order valence-electron chi connectivity index (χ4n) is 4.54. The Bertz CT molecular complexity index is 571. The number of hydrogen-bond acceptors (Lipinski definition) is 7. The van der Waals surface area contributed by atoms with E-state index in [1.54, 1.807) is 0 Å². The van der Waals surface area contributed by atoms with Crippen LogP contribution in [0.1, 0.15) is 73.6 Å². The lowest BCUT2D eigenvalue weighted by Gasteiger charge is -2.46. The third-order valence-electron chi connectivity index (χ3n) is 6.28. The summed E-state index contributed by atoms with van der Waals surface area (Å²) >= 11 is 1.41. The quantitative estimate of drug-likeness (QED) is 0.395. The number of carbonyl (C=O) groups excluding carboxylic acids is 1. The Kier molecular flexibility index (Phi) is 10.1. The van der Waals surface area contributed by atoms with Gasteiger partial charge in [0.1, 0.15) is 29.9 Å². The van der Waals surface area contributed by atoms with Crippen molar-refractivity contribution < 1.29 is 24.9 Å². The zero-order valence-corrected chi connectivity index (χ0v) is 20.8. The van der Waals surface area contributed by atoms with Crippen molar-refractivity contribution in [2.24, 2.45) is 11.8 Å². The third-order valence-corrected chi connectivity index (χ3v) is 7.61. The van der Waals surface area contributed by atoms with Gasteiger partial charge in [-0.15, -0.1) is 11.8 Å². The van der Waals surface area contributed by atoms with E-state index < -0.39 is 35.9 Å². The van der Waals surface area contributed by atoms with Gasteiger partial charge in [-0.3, -0.25) is 4.79 Å². The van der Waals surface area contributed by atoms with Crippen molar-refractivity contribution in [3.8, 4) is 0 Å². The maximum atomic E-state index is 13.1. The molecule has 0 aromatic carbocycles. The monoisotopic (exact) mass is 460 g/mol. The van der Waals surface area contributed by atoms with E-state index in [4.69, 9.17) is 4.74 Å². The first-order valence-corrected chi connectivity index (χ1v) is 12.7. The van der Waals surface area contributed by atoms with Crippen LogP contribution in [0.5, 0.6) is 0 Å². The molecular formula is C23H44N2O5S. The number of ether oxygens (including phenoxy) is 1. The first kappa shape index (κ1) is 26.9. The smallest absolute Gasteiger partial charge is 0.237 e. The van der Waals surface area contributed by atoms with Crippen molar-refractivity contribution in [2.75, 3.05) is 6.54 Å². The topological polar surface area (TPSA) is 111 Å². The molecular weight excluding hydrogens is 416 g/mol. The summed E-state index contributed by atoms with van der Waals surface area (Å²) in [6.45, 7) is 13.0. The van der Waals surface area contributed by atoms with Crippen LogP contribution >= 0.6 is 11.8 Å². The van der Waals surface area contributed by atoms with Crippen LogP contribution in [0.4, 0.5) is 0 Å². The van der Waals surface area contributed by atoms with Crippen LogP contribution in [-0.4, -0.2) is 74.5 Å². The van der Waals surface area contributed by atoms with Gasteiger partial charge in [0.15, 0.2) is 0 Å². The molecule has 0 spiro atoms. The number of hydrogen-bond donors (Lipinski definition) is 5. The van der Waals surface area contributed by atoms with E-state index in [2.05, 4.69) is 17.6 Å². The van der Waals surface area contributed by atoms with E-state index in [0.29, 0.717) is 5.92 Å². The minimum absolute atomic E-state index is 0.0232. The van der Waals surface area contributed by atoms with Crippen molar-refractivity contribution in [3.05, 3.63) is 0 Å². The Morgan fingerprint density at radius 3 is 2.39 bits per heavy atom. The predicted molar refractivity (Wildman–Crippen MR) is 125 cm³/mol. The molecule has 2 saturated heterocycles. The molecule has 0 aliphatic carbocycles. The number of rotatable bonds is 7. The molecule has 0 saturated carbocycles. The Hall–Kier alpha value is -0.380. The van der Waals surface area contributed by atoms with E-state index in [1.807, 2.05) is 34.6 Å². The second-order valence-corrected chi connectivity index (χ2v) is 12.4. The third kappa shape index (κ3) is 7.57. The van der Waals surface area contributed by atoms with Gasteiger partial charge >= 0.3 is 0 Å². The number of thioether (sulfide) groups is 1. The van der Waals surface area contributed by atoms with Crippen molar-refractivity contribution in [3.63, 3.8) is 0 Å². The summed E-state index contributed by atoms with van der Waals surface area (Å²) in [5, 5.41) is 38.1. The van der Waals surface area contributed by atoms with Gasteiger partial charge in [-0.2, -0.15) is 0 Å². The molecule has 182 valence electrons. The van der Waals surface area contributed by atoms with Crippen LogP contribution in [0.2, 0.25) is 0 Å². The van der Waals surface area contributed by atoms with Gasteiger partial charge in [0.2, 0.25) is 5.91 Å². The fourth-order valence-corrected chi connectivity index (χ4v) is 5.72. The minimum atomic E-state index is -1.33. The highest BCUT2D eigenvalue weighted by atomic mass is 32.2. The van der Waals surface area contributed by atoms with Crippen molar-refractivity contribution in [1.82, 2.24) is 10.6 Å². The normalized spacial score (nSPS) is 36.1. The SMILES string of the molecule is CCCC1CCN[C@H](C(=O)N[C@H](C(C)C)[C@H]2O[C@H](SC(C)(C)C)[C@H](O)[C@@H](O)[C@H]2O)CC1. The summed E-state index contributed by atoms with van der Waals surface area (Å²) in [7, 11) is 0. The van der Waals surface area contributed by atoms with Crippen LogP contribution in [0, 0.1) is 11.8 Å². The molecule has 0 aromatic heterocycles. The number of amides is 1. The van der Waals surface area contributed by atoms with Crippen LogP contribution in [0.3, 0.4) is 0 Å². The summed E-state index contributed by atoms with van der Waals surface area (Å²) in [6, 6.07) is -0.747. The van der Waals surface area contributed by atoms with Gasteiger partial charge in [0.05, 0.1) is 12.1 Å². The highest BCUT2D eigenvalue weighted by Crippen LogP contribution is 2.37. The van der Waals surface area contributed by atoms with Crippen LogP contribution in [0.15, 0.2) is 0 Å². The lowest BCUT2D eigenvalue weighted by molar-refractivity contribution is -0.208. The fraction of sp³-hybridized carbons (Fsp3) is 0.957. The van der Waals surface area contributed by atoms with E-state index in [-0.39, 0.29) is 22.6 Å². The van der Waals surface area contributed by atoms with Crippen LogP contribution in [-0.2, 0) is 9.53 Å². The van der Waals surface area contributed by atoms with Crippen LogP contribution in [0.25, 0.3) is 0 Å². The highest BCUT2D eigenvalue weighted by Gasteiger charge is 2.48. The van der Waals surface area contributed by atoms with Crippen molar-refractivity contribution in [1.29, 1.82) is 0 Å². The highest BCUT2D eigenvalue weighted by molar-refractivity contribution is 8.01. The largest absolute Gasteiger partial charge is 0.388 e. The summed E-state index contributed by atoms with van der Waals surface area (Å²) in [5.41, 5.74) is -0.688. The van der Waals surface area contributed by atoms with Crippen LogP contribution < -0.4 is 10.6 Å². The van der Waals surface area contributed by atoms with E-state index in [1.165, 1.54) is 18.2 Å². The predicted octanol–water partition coefficient (Wildman–Crippen LogP) is 2.02. The summed E-state index contributed by atoms with van der Waals surface area (Å²) < 4.78 is 5.91. The summed E-state index contributed by atoms with van der Waals surface area (Å²) in [5.74, 6) is 0.545. The van der Waals surface area contributed by atoms with Gasteiger partial charge < -0.3 is 30.7 Å². The zero-order chi connectivity index (χ0) is 23.3. The Balaban J connectivity index is 2.10. The van der Waals surface area contributed by atoms with Crippen molar-refractivity contribution >= 4 is 17.7 Å². The first-order chi connectivity index (χ1) is 14.4. The molecule has 0 aromatic rings. The number of carbonyl (C=O) groups is 1. The number of aliphatic hydroxyl groups is 3. The molecule has 2 rings (SSSR count). The molecule has 7 nitrogen and oxygen atoms in total. The average molecular weight is 461 g/mol. The maximum Gasteiger partial charge on any atom is 0.237 e. The average Bonchev–Trinajstić information content (AvgIpc) is 2.91. The molecule has 31 heavy (non-hydrogen) atoms. The first-order valence-electron chi connectivity index (χ1n) is 11.9. The van der Waals surface area contributed by atoms with E-state index in [9.17, 15) is 20.1 Å². The lowest BCUT2D eigenvalue weighted by Crippen LogP contribution is -2.65. The standard InChI is InChI=1S/C23H44N2O5S/c1-7-8-14-9-10-15(24-12-11-14)21(29)25-16(13(2)3)20-18(27)17(26)19(28)22(30-20)31-23(4,5)6/h13-20,22,24,26-28H,7-12H2,1-6H3,(H,25,29)/t14?,15-,16+,17-,18+,19+,20+,22+/m0/s1. The number of aliphatic hydroxyl groups excluding tert-OH is 3. The van der Waals surface area contributed by atoms with E-state index >= 15 is 0 Å². The molecule has 5 N–H and O–H groups in total. The van der Waals surface area contributed by atoms with Gasteiger partial charge in [-0.1, -0.05) is 54.4 Å². The Labute approximate surface area is 192 Å². The maximum absolute atomic E-state index is 13.1. The van der Waals surface area contributed by atoms with Gasteiger partial charge in [-0.25, -0.2) is 0 Å². The molecule has 8 atom stereocenters. The van der Waals surface area contributed by atoms with Gasteiger partial charge in [0.25, 0.3) is 0 Å². The molecule has 0 radical (unpaired) electrons. The molecule has 2 aliphatic rings. The lowest BCUT2D eigenvalue weighted by atomic mass is 9.88. The molecule has 1 unspecified atom stereocenters. The molecule has 8 heteroatoms. The molecule has 2 heterocycles. The minimum Gasteiger partial charge on any atom is -0.388 e. The molecule has 2 aliphatic heterocycles. The van der Waals surface area contributed by atoms with Gasteiger partial charge in [-0.05, 0) is 37.6 Å². The van der Waals surface area contributed by atoms with Gasteiger partial charge in [0, 0.05) is 4.75 Å². The van der Waals surface area contributed by atoms with Crippen molar-refractivity contribution in [2.45, 2.75) is 120 Å².